The molecule has 1 heterocycles. The molecular weight excluding hydrogens is 458 g/mol. The van der Waals surface area contributed by atoms with Crippen LogP contribution in [0.25, 0.3) is 0 Å². The van der Waals surface area contributed by atoms with Crippen LogP contribution in [0.15, 0.2) is 74.9 Å². The average Bonchev–Trinajstić information content (AvgIpc) is 2.77. The molecular formula is C25H24BrNO2S. The van der Waals surface area contributed by atoms with Gasteiger partial charge in [-0.15, -0.1) is 0 Å². The number of carbonyl (C=O) groups is 1. The standard InChI is InChI=1S/C25H24BrNO2S/c1-2-3-4-5-14-29-21-10-8-20(9-11-21)27-22-12-6-18(17-28)15-24(22)30-25-16-19(26)7-13-23(25)27/h6-13,15-17H,2-5,14H2,1H3. The highest BCUT2D eigenvalue weighted by Gasteiger charge is 2.25. The number of aldehydes is 1. The fraction of sp³-hybridized carbons (Fsp3) is 0.240. The number of anilines is 3. The number of hydrogen-bond donors (Lipinski definition) is 0. The highest BCUT2D eigenvalue weighted by molar-refractivity contribution is 9.10. The van der Waals surface area contributed by atoms with E-state index >= 15 is 0 Å². The Morgan fingerprint density at radius 1 is 0.933 bits per heavy atom. The smallest absolute Gasteiger partial charge is 0.150 e. The lowest BCUT2D eigenvalue weighted by molar-refractivity contribution is 0.112. The lowest BCUT2D eigenvalue weighted by atomic mass is 10.1. The molecule has 1 aliphatic rings. The van der Waals surface area contributed by atoms with Gasteiger partial charge in [0, 0.05) is 25.5 Å². The number of hydrogen-bond acceptors (Lipinski definition) is 4. The second kappa shape index (κ2) is 9.71. The maximum absolute atomic E-state index is 11.3. The molecule has 3 aromatic rings. The van der Waals surface area contributed by atoms with E-state index in [0.29, 0.717) is 5.56 Å². The van der Waals surface area contributed by atoms with Crippen molar-refractivity contribution in [2.75, 3.05) is 11.5 Å². The third kappa shape index (κ3) is 4.57. The molecule has 4 rings (SSSR count). The molecule has 3 nitrogen and oxygen atoms in total. The molecule has 0 atom stereocenters. The molecule has 3 aromatic carbocycles. The van der Waals surface area contributed by atoms with Gasteiger partial charge < -0.3 is 9.64 Å². The van der Waals surface area contributed by atoms with Crippen LogP contribution >= 0.6 is 27.7 Å². The van der Waals surface area contributed by atoms with E-state index in [-0.39, 0.29) is 0 Å². The fourth-order valence-electron chi connectivity index (χ4n) is 3.56. The summed E-state index contributed by atoms with van der Waals surface area (Å²) in [6, 6.07) is 20.4. The van der Waals surface area contributed by atoms with E-state index in [1.165, 1.54) is 19.3 Å². The number of unbranched alkanes of at least 4 members (excludes halogenated alkanes) is 3. The molecule has 0 aromatic heterocycles. The van der Waals surface area contributed by atoms with Crippen LogP contribution < -0.4 is 9.64 Å². The van der Waals surface area contributed by atoms with Gasteiger partial charge in [-0.05, 0) is 67.1 Å². The van der Waals surface area contributed by atoms with Crippen molar-refractivity contribution in [2.45, 2.75) is 42.4 Å². The summed E-state index contributed by atoms with van der Waals surface area (Å²) in [5.41, 5.74) is 3.96. The van der Waals surface area contributed by atoms with Crippen molar-refractivity contribution in [2.24, 2.45) is 0 Å². The van der Waals surface area contributed by atoms with Gasteiger partial charge in [0.05, 0.1) is 18.0 Å². The normalized spacial score (nSPS) is 12.3. The maximum Gasteiger partial charge on any atom is 0.150 e. The van der Waals surface area contributed by atoms with Gasteiger partial charge in [0.1, 0.15) is 12.0 Å². The largest absolute Gasteiger partial charge is 0.494 e. The third-order valence-electron chi connectivity index (χ3n) is 5.11. The Balaban J connectivity index is 1.62. The first kappa shape index (κ1) is 21.0. The van der Waals surface area contributed by atoms with Crippen LogP contribution in [0.1, 0.15) is 43.0 Å². The topological polar surface area (TPSA) is 29.5 Å². The van der Waals surface area contributed by atoms with E-state index in [1.807, 2.05) is 30.3 Å². The zero-order chi connectivity index (χ0) is 20.9. The summed E-state index contributed by atoms with van der Waals surface area (Å²) in [5, 5.41) is 0. The molecule has 0 bridgehead atoms. The number of rotatable bonds is 8. The molecule has 5 heteroatoms. The average molecular weight is 482 g/mol. The second-order valence-electron chi connectivity index (χ2n) is 7.30. The zero-order valence-electron chi connectivity index (χ0n) is 16.9. The number of fused-ring (bicyclic) bond motifs is 2. The summed E-state index contributed by atoms with van der Waals surface area (Å²) in [7, 11) is 0. The van der Waals surface area contributed by atoms with Gasteiger partial charge in [0.15, 0.2) is 0 Å². The molecule has 0 N–H and O–H groups in total. The van der Waals surface area contributed by atoms with E-state index in [2.05, 4.69) is 58.1 Å². The Hall–Kier alpha value is -2.24. The highest BCUT2D eigenvalue weighted by Crippen LogP contribution is 2.52. The van der Waals surface area contributed by atoms with Gasteiger partial charge >= 0.3 is 0 Å². The van der Waals surface area contributed by atoms with Crippen LogP contribution in [0.4, 0.5) is 17.1 Å². The van der Waals surface area contributed by atoms with Crippen molar-refractivity contribution in [3.63, 3.8) is 0 Å². The van der Waals surface area contributed by atoms with Crippen molar-refractivity contribution in [1.82, 2.24) is 0 Å². The summed E-state index contributed by atoms with van der Waals surface area (Å²) in [5.74, 6) is 0.897. The van der Waals surface area contributed by atoms with Gasteiger partial charge in [0.25, 0.3) is 0 Å². The number of nitrogens with zero attached hydrogens (tertiary/aromatic N) is 1. The minimum absolute atomic E-state index is 0.687. The third-order valence-corrected chi connectivity index (χ3v) is 6.69. The quantitative estimate of drug-likeness (QED) is 0.187. The molecule has 0 fully saturated rings. The summed E-state index contributed by atoms with van der Waals surface area (Å²) in [6.07, 6.45) is 5.69. The van der Waals surface area contributed by atoms with Gasteiger partial charge in [-0.25, -0.2) is 0 Å². The molecule has 0 amide bonds. The van der Waals surface area contributed by atoms with Crippen LogP contribution in [-0.2, 0) is 0 Å². The molecule has 0 spiro atoms. The lowest BCUT2D eigenvalue weighted by Crippen LogP contribution is -2.15. The molecule has 30 heavy (non-hydrogen) atoms. The van der Waals surface area contributed by atoms with Crippen molar-refractivity contribution in [3.8, 4) is 5.75 Å². The van der Waals surface area contributed by atoms with Crippen molar-refractivity contribution in [3.05, 3.63) is 70.7 Å². The first-order chi connectivity index (χ1) is 14.7. The summed E-state index contributed by atoms with van der Waals surface area (Å²) < 4.78 is 6.95. The predicted octanol–water partition coefficient (Wildman–Crippen LogP) is 8.16. The Morgan fingerprint density at radius 3 is 2.40 bits per heavy atom. The van der Waals surface area contributed by atoms with Gasteiger partial charge in [0.2, 0.25) is 0 Å². The van der Waals surface area contributed by atoms with Gasteiger partial charge in [-0.3, -0.25) is 4.79 Å². The van der Waals surface area contributed by atoms with E-state index in [1.54, 1.807) is 11.8 Å². The number of ether oxygens (including phenoxy) is 1. The van der Waals surface area contributed by atoms with Crippen LogP contribution in [0.5, 0.6) is 5.75 Å². The monoisotopic (exact) mass is 481 g/mol. The number of benzene rings is 3. The molecule has 0 radical (unpaired) electrons. The fourth-order valence-corrected chi connectivity index (χ4v) is 5.22. The number of carbonyl (C=O) groups excluding carboxylic acids is 1. The molecule has 0 unspecified atom stereocenters. The summed E-state index contributed by atoms with van der Waals surface area (Å²) >= 11 is 5.27. The van der Waals surface area contributed by atoms with E-state index in [4.69, 9.17) is 4.74 Å². The zero-order valence-corrected chi connectivity index (χ0v) is 19.3. The van der Waals surface area contributed by atoms with Crippen molar-refractivity contribution in [1.29, 1.82) is 0 Å². The van der Waals surface area contributed by atoms with E-state index < -0.39 is 0 Å². The number of halogens is 1. The van der Waals surface area contributed by atoms with Crippen LogP contribution in [-0.4, -0.2) is 12.9 Å². The first-order valence-corrected chi connectivity index (χ1v) is 11.9. The molecule has 154 valence electrons. The lowest BCUT2D eigenvalue weighted by Gasteiger charge is -2.33. The molecule has 0 aliphatic carbocycles. The molecule has 0 saturated heterocycles. The summed E-state index contributed by atoms with van der Waals surface area (Å²) in [4.78, 5) is 15.7. The maximum atomic E-state index is 11.3. The Kier molecular flexibility index (Phi) is 6.80. The Bertz CT molecular complexity index is 1040. The minimum atomic E-state index is 0.687. The van der Waals surface area contributed by atoms with Crippen LogP contribution in [0, 0.1) is 0 Å². The van der Waals surface area contributed by atoms with Crippen LogP contribution in [0.2, 0.25) is 0 Å². The summed E-state index contributed by atoms with van der Waals surface area (Å²) in [6.45, 7) is 2.97. The van der Waals surface area contributed by atoms with E-state index in [0.717, 1.165) is 56.4 Å². The predicted molar refractivity (Wildman–Crippen MR) is 128 cm³/mol. The van der Waals surface area contributed by atoms with Crippen molar-refractivity contribution >= 4 is 51.0 Å². The molecule has 0 saturated carbocycles. The Labute approximate surface area is 190 Å². The Morgan fingerprint density at radius 2 is 1.67 bits per heavy atom. The highest BCUT2D eigenvalue weighted by atomic mass is 79.9. The van der Waals surface area contributed by atoms with Gasteiger partial charge in [-0.2, -0.15) is 0 Å². The van der Waals surface area contributed by atoms with Crippen molar-refractivity contribution < 1.29 is 9.53 Å². The van der Waals surface area contributed by atoms with Crippen LogP contribution in [0.3, 0.4) is 0 Å². The van der Waals surface area contributed by atoms with E-state index in [9.17, 15) is 4.79 Å². The minimum Gasteiger partial charge on any atom is -0.494 e. The first-order valence-electron chi connectivity index (χ1n) is 10.3. The molecule has 1 aliphatic heterocycles. The van der Waals surface area contributed by atoms with Gasteiger partial charge in [-0.1, -0.05) is 53.9 Å². The SMILES string of the molecule is CCCCCCOc1ccc(N2c3ccc(Br)cc3Sc3cc(C=O)ccc32)cc1. The second-order valence-corrected chi connectivity index (χ2v) is 9.30.